The van der Waals surface area contributed by atoms with Gasteiger partial charge in [0.1, 0.15) is 3.17 Å². The first-order valence-electron chi connectivity index (χ1n) is 2.84. The molecule has 7 heteroatoms. The van der Waals surface area contributed by atoms with Gasteiger partial charge in [-0.1, -0.05) is 11.8 Å². The van der Waals surface area contributed by atoms with Crippen molar-refractivity contribution in [2.24, 2.45) is 4.99 Å². The smallest absolute Gasteiger partial charge is 0.394 e. The summed E-state index contributed by atoms with van der Waals surface area (Å²) in [7, 11) is 0. The van der Waals surface area contributed by atoms with Crippen molar-refractivity contribution in [3.8, 4) is 0 Å². The zero-order valence-electron chi connectivity index (χ0n) is 5.82. The Balaban J connectivity index is 2.40. The van der Waals surface area contributed by atoms with E-state index in [9.17, 15) is 6.87 Å². The molecular weight excluding hydrogens is 283 g/mol. The van der Waals surface area contributed by atoms with Crippen LogP contribution >= 0.6 is 11.8 Å². The minimum Gasteiger partial charge on any atom is -0.394 e. The Hall–Kier alpha value is 0.430. The molecule has 0 aromatic carbocycles. The Morgan fingerprint density at radius 2 is 2.45 bits per heavy atom. The van der Waals surface area contributed by atoms with Crippen molar-refractivity contribution in [1.82, 2.24) is 5.06 Å². The molecule has 0 saturated carbocycles. The fourth-order valence-electron chi connectivity index (χ4n) is 0.709. The number of rotatable bonds is 2. The molecule has 1 heterocycles. The number of thioether (sulfide) groups is 1. The van der Waals surface area contributed by atoms with Gasteiger partial charge in [-0.2, -0.15) is 0 Å². The number of amidine groups is 1. The van der Waals surface area contributed by atoms with Crippen molar-refractivity contribution in [1.29, 1.82) is 0 Å². The minimum atomic E-state index is -3.60. The highest BCUT2D eigenvalue weighted by molar-refractivity contribution is 8.13. The summed E-state index contributed by atoms with van der Waals surface area (Å²) in [5.74, 6) is 0. The summed E-state index contributed by atoms with van der Waals surface area (Å²) in [6, 6.07) is 0. The summed E-state index contributed by atoms with van der Waals surface area (Å²) in [5.41, 5.74) is 0. The van der Waals surface area contributed by atoms with Gasteiger partial charge in [-0.15, -0.1) is 5.06 Å². The van der Waals surface area contributed by atoms with E-state index >= 15 is 0 Å². The lowest BCUT2D eigenvalue weighted by Crippen LogP contribution is -3.99. The number of hydrogen-bond donors (Lipinski definition) is 0. The van der Waals surface area contributed by atoms with E-state index < -0.39 is 21.1 Å². The Kier molecular flexibility index (Phi) is 3.85. The monoisotopic (exact) mass is 290 g/mol. The van der Waals surface area contributed by atoms with Gasteiger partial charge in [0.2, 0.25) is 0 Å². The van der Waals surface area contributed by atoms with Gasteiger partial charge in [0.05, 0.1) is 13.1 Å². The number of hydroxylamine groups is 2. The number of halogens is 1. The van der Waals surface area contributed by atoms with Crippen LogP contribution in [0.3, 0.4) is 0 Å². The van der Waals surface area contributed by atoms with Crippen molar-refractivity contribution < 1.29 is 31.1 Å². The van der Waals surface area contributed by atoms with Crippen LogP contribution < -0.4 is 27.9 Å². The van der Waals surface area contributed by atoms with Crippen molar-refractivity contribution in [2.45, 2.75) is 0 Å². The van der Waals surface area contributed by atoms with Gasteiger partial charge in [0.15, 0.2) is 5.17 Å². The van der Waals surface area contributed by atoms with Crippen LogP contribution in [-0.2, 0) is 3.17 Å². The van der Waals surface area contributed by atoms with E-state index in [1.165, 1.54) is 16.8 Å². The molecule has 0 atom stereocenters. The molecular formula is C4H7IN2O3S. The largest absolute Gasteiger partial charge is 0.540 e. The second-order valence-electron chi connectivity index (χ2n) is 1.73. The van der Waals surface area contributed by atoms with E-state index in [0.717, 1.165) is 0 Å². The minimum absolute atomic E-state index is 0.536. The molecule has 1 rings (SSSR count). The molecule has 0 aliphatic carbocycles. The summed E-state index contributed by atoms with van der Waals surface area (Å²) in [6.45, 7) is 1.15. The summed E-state index contributed by atoms with van der Waals surface area (Å²) in [4.78, 5) is 4.02. The molecule has 0 aromatic rings. The van der Waals surface area contributed by atoms with Gasteiger partial charge in [0, 0.05) is 0 Å². The third-order valence-electron chi connectivity index (χ3n) is 1.09. The molecule has 0 saturated heterocycles. The summed E-state index contributed by atoms with van der Waals surface area (Å²) >= 11 is -2.22. The van der Waals surface area contributed by atoms with E-state index in [2.05, 4.69) is 8.16 Å². The third kappa shape index (κ3) is 2.75. The van der Waals surface area contributed by atoms with Crippen LogP contribution in [0.2, 0.25) is 0 Å². The van der Waals surface area contributed by atoms with E-state index in [0.29, 0.717) is 18.3 Å². The van der Waals surface area contributed by atoms with Gasteiger partial charge in [-0.3, -0.25) is 4.99 Å². The predicted octanol–water partition coefficient (Wildman–Crippen LogP) is -4.96. The number of aliphatic imine (C=N–C) groups is 1. The Morgan fingerprint density at radius 1 is 1.73 bits per heavy atom. The van der Waals surface area contributed by atoms with E-state index in [4.69, 9.17) is 0 Å². The van der Waals surface area contributed by atoms with E-state index in [1.807, 2.05) is 6.26 Å². The molecule has 0 unspecified atom stereocenters. The average Bonchev–Trinajstić information content (AvgIpc) is 2.34. The topological polar surface area (TPSA) is 71.0 Å². The first-order chi connectivity index (χ1) is 5.24. The molecule has 0 radical (unpaired) electrons. The normalized spacial score (nSPS) is 17.8. The quantitative estimate of drug-likeness (QED) is 0.477. The van der Waals surface area contributed by atoms with Crippen LogP contribution in [0, 0.1) is 0 Å². The van der Waals surface area contributed by atoms with Crippen molar-refractivity contribution >= 4 is 16.9 Å². The molecule has 1 aliphatic heterocycles. The van der Waals surface area contributed by atoms with Gasteiger partial charge >= 0.3 is 21.1 Å². The number of nitrogens with zero attached hydrogens (tertiary/aromatic N) is 2. The third-order valence-corrected chi connectivity index (χ3v) is 2.58. The molecule has 0 amide bonds. The average molecular weight is 290 g/mol. The maximum atomic E-state index is 10.2. The fraction of sp³-hybridized carbons (Fsp3) is 0.750. The van der Waals surface area contributed by atoms with Crippen LogP contribution in [-0.4, -0.2) is 29.6 Å². The second-order valence-corrected chi connectivity index (χ2v) is 3.97. The molecule has 5 nitrogen and oxygen atoms in total. The van der Waals surface area contributed by atoms with Crippen molar-refractivity contribution in [3.05, 3.63) is 0 Å². The summed E-state index contributed by atoms with van der Waals surface area (Å²) < 4.78 is 25.0. The highest BCUT2D eigenvalue weighted by Crippen LogP contribution is 2.08. The molecule has 0 spiro atoms. The lowest BCUT2D eigenvalue weighted by atomic mass is 10.7. The van der Waals surface area contributed by atoms with Crippen molar-refractivity contribution in [3.63, 3.8) is 0 Å². The zero-order valence-corrected chi connectivity index (χ0v) is 8.79. The van der Waals surface area contributed by atoms with Gasteiger partial charge in [-0.25, -0.2) is 0 Å². The van der Waals surface area contributed by atoms with E-state index in [-0.39, 0.29) is 0 Å². The van der Waals surface area contributed by atoms with Gasteiger partial charge in [-0.05, 0) is 6.26 Å². The molecule has 1 aliphatic rings. The molecule has 0 fully saturated rings. The maximum Gasteiger partial charge on any atom is 0.540 e. The maximum absolute atomic E-state index is 10.2. The van der Waals surface area contributed by atoms with Crippen LogP contribution in [0.15, 0.2) is 4.99 Å². The van der Waals surface area contributed by atoms with Crippen LogP contribution in [0.4, 0.5) is 0 Å². The second kappa shape index (κ2) is 4.45. The highest BCUT2D eigenvalue weighted by Gasteiger charge is 2.27. The standard InChI is InChI=1S/C4H7IN2O3S/c1-11-4-6-2-3-7(4)10-5(8)9/h2-3H2,1H3. The molecule has 0 aromatic heterocycles. The Morgan fingerprint density at radius 3 is 3.00 bits per heavy atom. The SMILES string of the molecule is CSC1=NCCN1O[I+2]([O-])[O-]. The fourth-order valence-corrected chi connectivity index (χ4v) is 2.17. The lowest BCUT2D eigenvalue weighted by molar-refractivity contribution is -1.64. The van der Waals surface area contributed by atoms with E-state index in [1.54, 1.807) is 0 Å². The lowest BCUT2D eigenvalue weighted by Gasteiger charge is -2.07. The zero-order chi connectivity index (χ0) is 8.27. The molecule has 0 bridgehead atoms. The van der Waals surface area contributed by atoms with Gasteiger partial charge < -0.3 is 6.87 Å². The van der Waals surface area contributed by atoms with Gasteiger partial charge in [0.25, 0.3) is 0 Å². The summed E-state index contributed by atoms with van der Waals surface area (Å²) in [6.07, 6.45) is 1.83. The molecule has 64 valence electrons. The predicted molar refractivity (Wildman–Crippen MR) is 33.6 cm³/mol. The van der Waals surface area contributed by atoms with Crippen LogP contribution in [0.1, 0.15) is 0 Å². The van der Waals surface area contributed by atoms with Crippen LogP contribution in [0.25, 0.3) is 0 Å². The molecule has 11 heavy (non-hydrogen) atoms. The molecule has 0 N–H and O–H groups in total. The van der Waals surface area contributed by atoms with Crippen LogP contribution in [0.5, 0.6) is 0 Å². The first-order valence-corrected chi connectivity index (χ1v) is 6.70. The Labute approximate surface area is 77.4 Å². The Bertz CT molecular complexity index is 165. The number of hydrogen-bond acceptors (Lipinski definition) is 6. The summed E-state index contributed by atoms with van der Waals surface area (Å²) in [5, 5.41) is 1.95. The van der Waals surface area contributed by atoms with Crippen molar-refractivity contribution in [2.75, 3.05) is 19.3 Å². The highest BCUT2D eigenvalue weighted by atomic mass is 127. The first kappa shape index (κ1) is 9.52.